The van der Waals surface area contributed by atoms with Crippen LogP contribution >= 0.6 is 0 Å². The number of allylic oxidation sites excluding steroid dienone is 2. The minimum Gasteiger partial charge on any atom is -0.497 e. The fourth-order valence-electron chi connectivity index (χ4n) is 1.32. The number of carbonyl (C=O) groups excluding carboxylic acids is 1. The van der Waals surface area contributed by atoms with Crippen LogP contribution in [0.4, 0.5) is 0 Å². The predicted octanol–water partition coefficient (Wildman–Crippen LogP) is 3.07. The Hall–Kier alpha value is -2.54. The normalized spacial score (nSPS) is 11.1. The summed E-state index contributed by atoms with van der Waals surface area (Å²) in [7, 11) is 1.61. The van der Waals surface area contributed by atoms with Gasteiger partial charge in [0, 0.05) is 0 Å². The average Bonchev–Trinajstić information content (AvgIpc) is 2.44. The van der Waals surface area contributed by atoms with Gasteiger partial charge in [0.1, 0.15) is 5.75 Å². The minimum atomic E-state index is -0.600. The molecule has 1 aromatic rings. The van der Waals surface area contributed by atoms with Gasteiger partial charge >= 0.3 is 5.97 Å². The van der Waals surface area contributed by atoms with Crippen LogP contribution in [0.5, 0.6) is 5.75 Å². The van der Waals surface area contributed by atoms with E-state index in [2.05, 4.69) is 4.85 Å². The van der Waals surface area contributed by atoms with Crippen LogP contribution in [0.2, 0.25) is 0 Å². The molecule has 4 nitrogen and oxygen atoms in total. The van der Waals surface area contributed by atoms with Crippen LogP contribution in [0.3, 0.4) is 0 Å². The lowest BCUT2D eigenvalue weighted by Gasteiger charge is -1.99. The van der Waals surface area contributed by atoms with E-state index in [1.54, 1.807) is 26.2 Å². The summed E-state index contributed by atoms with van der Waals surface area (Å²) < 4.78 is 9.81. The molecule has 0 aliphatic carbocycles. The molecule has 0 N–H and O–H groups in total. The van der Waals surface area contributed by atoms with Crippen molar-refractivity contribution in [2.45, 2.75) is 6.92 Å². The topological polar surface area (TPSA) is 39.9 Å². The van der Waals surface area contributed by atoms with Gasteiger partial charge in [-0.2, -0.15) is 0 Å². The Labute approximate surface area is 112 Å². The lowest BCUT2D eigenvalue weighted by atomic mass is 10.2. The van der Waals surface area contributed by atoms with Crippen molar-refractivity contribution >= 4 is 12.0 Å². The number of rotatable bonds is 5. The number of esters is 1. The summed E-state index contributed by atoms with van der Waals surface area (Å²) in [6.45, 7) is 8.87. The Kier molecular flexibility index (Phi) is 5.90. The zero-order chi connectivity index (χ0) is 14.1. The second-order valence-electron chi connectivity index (χ2n) is 3.52. The van der Waals surface area contributed by atoms with Gasteiger partial charge in [-0.3, -0.25) is 4.79 Å². The number of nitrogens with zero attached hydrogens (tertiary/aromatic N) is 1. The average molecular weight is 257 g/mol. The monoisotopic (exact) mass is 257 g/mol. The molecule has 0 heterocycles. The van der Waals surface area contributed by atoms with Crippen LogP contribution in [0.25, 0.3) is 10.9 Å². The Morgan fingerprint density at radius 2 is 2.05 bits per heavy atom. The van der Waals surface area contributed by atoms with E-state index in [9.17, 15) is 4.79 Å². The molecule has 98 valence electrons. The van der Waals surface area contributed by atoms with E-state index in [1.165, 1.54) is 6.08 Å². The quantitative estimate of drug-likeness (QED) is 0.352. The molecule has 0 aromatic heterocycles. The molecule has 0 atom stereocenters. The Morgan fingerprint density at radius 3 is 2.58 bits per heavy atom. The highest BCUT2D eigenvalue weighted by molar-refractivity contribution is 5.90. The third kappa shape index (κ3) is 4.68. The molecule has 0 amide bonds. The molecular weight excluding hydrogens is 242 g/mol. The summed E-state index contributed by atoms with van der Waals surface area (Å²) in [4.78, 5) is 14.5. The number of hydrogen-bond acceptors (Lipinski definition) is 3. The van der Waals surface area contributed by atoms with Crippen LogP contribution < -0.4 is 4.74 Å². The molecule has 0 fully saturated rings. The van der Waals surface area contributed by atoms with E-state index in [0.29, 0.717) is 0 Å². The molecule has 19 heavy (non-hydrogen) atoms. The minimum absolute atomic E-state index is 0.0355. The maximum absolute atomic E-state index is 11.3. The molecule has 0 aliphatic rings. The Balaban J connectivity index is 2.74. The number of hydrogen-bond donors (Lipinski definition) is 0. The largest absolute Gasteiger partial charge is 0.497 e. The maximum Gasteiger partial charge on any atom is 0.336 e. The molecule has 0 spiro atoms. The molecule has 0 bridgehead atoms. The highest BCUT2D eigenvalue weighted by Crippen LogP contribution is 2.12. The van der Waals surface area contributed by atoms with Crippen LogP contribution in [-0.4, -0.2) is 19.7 Å². The van der Waals surface area contributed by atoms with E-state index in [0.717, 1.165) is 11.3 Å². The van der Waals surface area contributed by atoms with Gasteiger partial charge in [-0.1, -0.05) is 24.3 Å². The molecule has 0 unspecified atom stereocenters. The van der Waals surface area contributed by atoms with E-state index in [-0.39, 0.29) is 12.3 Å². The summed E-state index contributed by atoms with van der Waals surface area (Å²) >= 11 is 0. The summed E-state index contributed by atoms with van der Waals surface area (Å²) in [5.41, 5.74) is 0.914. The summed E-state index contributed by atoms with van der Waals surface area (Å²) in [5.74, 6) is 0.179. The van der Waals surface area contributed by atoms with Gasteiger partial charge in [0.15, 0.2) is 0 Å². The first-order valence-electron chi connectivity index (χ1n) is 5.78. The number of benzene rings is 1. The molecule has 0 saturated carbocycles. The van der Waals surface area contributed by atoms with Crippen molar-refractivity contribution in [1.29, 1.82) is 0 Å². The lowest BCUT2D eigenvalue weighted by molar-refractivity contribution is -0.138. The third-order valence-electron chi connectivity index (χ3n) is 2.26. The molecule has 0 radical (unpaired) electrons. The van der Waals surface area contributed by atoms with Crippen LogP contribution in [-0.2, 0) is 9.53 Å². The molecule has 1 aromatic carbocycles. The van der Waals surface area contributed by atoms with Crippen molar-refractivity contribution in [2.75, 3.05) is 13.7 Å². The first kappa shape index (κ1) is 14.5. The molecule has 1 rings (SSSR count). The van der Waals surface area contributed by atoms with Crippen molar-refractivity contribution < 1.29 is 14.3 Å². The van der Waals surface area contributed by atoms with Gasteiger partial charge in [0.2, 0.25) is 0 Å². The highest BCUT2D eigenvalue weighted by Gasteiger charge is 2.08. The van der Waals surface area contributed by atoms with Crippen molar-refractivity contribution in [3.05, 3.63) is 59.1 Å². The van der Waals surface area contributed by atoms with Gasteiger partial charge < -0.3 is 9.47 Å². The smallest absolute Gasteiger partial charge is 0.336 e. The van der Waals surface area contributed by atoms with E-state index in [4.69, 9.17) is 16.0 Å². The van der Waals surface area contributed by atoms with E-state index < -0.39 is 5.97 Å². The van der Waals surface area contributed by atoms with E-state index in [1.807, 2.05) is 24.3 Å². The molecule has 0 saturated heterocycles. The maximum atomic E-state index is 11.3. The summed E-state index contributed by atoms with van der Waals surface area (Å²) in [6.07, 6.45) is 4.88. The fraction of sp³-hybridized carbons (Fsp3) is 0.200. The highest BCUT2D eigenvalue weighted by atomic mass is 16.5. The van der Waals surface area contributed by atoms with Gasteiger partial charge in [-0.05, 0) is 30.7 Å². The Bertz CT molecular complexity index is 521. The zero-order valence-corrected chi connectivity index (χ0v) is 10.9. The standard InChI is InChI=1S/C15H15NO3/c1-4-19-15(17)14(16-2)7-5-6-12-8-10-13(18-3)11-9-12/h5-11H,4H2,1,3H3/b6-5+,14-7-. The molecular formula is C15H15NO3. The van der Waals surface area contributed by atoms with Crippen molar-refractivity contribution in [2.24, 2.45) is 0 Å². The lowest BCUT2D eigenvalue weighted by Crippen LogP contribution is -2.04. The molecule has 4 heteroatoms. The first-order chi connectivity index (χ1) is 9.21. The SMILES string of the molecule is [C-]#[N+]/C(=C\C=C\c1ccc(OC)cc1)C(=O)OCC. The summed E-state index contributed by atoms with van der Waals surface area (Å²) in [5, 5.41) is 0. The summed E-state index contributed by atoms with van der Waals surface area (Å²) in [6, 6.07) is 7.44. The zero-order valence-electron chi connectivity index (χ0n) is 10.9. The van der Waals surface area contributed by atoms with Crippen molar-refractivity contribution in [3.63, 3.8) is 0 Å². The Morgan fingerprint density at radius 1 is 1.37 bits per heavy atom. The second-order valence-corrected chi connectivity index (χ2v) is 3.52. The molecule has 0 aliphatic heterocycles. The number of methoxy groups -OCH3 is 1. The van der Waals surface area contributed by atoms with Crippen LogP contribution in [0, 0.1) is 6.57 Å². The van der Waals surface area contributed by atoms with Gasteiger partial charge in [0.05, 0.1) is 20.3 Å². The van der Waals surface area contributed by atoms with Crippen molar-refractivity contribution in [1.82, 2.24) is 0 Å². The number of ether oxygens (including phenoxy) is 2. The third-order valence-corrected chi connectivity index (χ3v) is 2.26. The van der Waals surface area contributed by atoms with E-state index >= 15 is 0 Å². The second kappa shape index (κ2) is 7.72. The van der Waals surface area contributed by atoms with Crippen LogP contribution in [0.15, 0.2) is 42.1 Å². The van der Waals surface area contributed by atoms with Gasteiger partial charge in [-0.25, -0.2) is 4.85 Å². The van der Waals surface area contributed by atoms with Crippen molar-refractivity contribution in [3.8, 4) is 5.75 Å². The van der Waals surface area contributed by atoms with Gasteiger partial charge in [-0.15, -0.1) is 0 Å². The number of carbonyl (C=O) groups is 1. The van der Waals surface area contributed by atoms with Gasteiger partial charge in [0.25, 0.3) is 5.70 Å². The first-order valence-corrected chi connectivity index (χ1v) is 5.78. The fourth-order valence-corrected chi connectivity index (χ4v) is 1.32. The van der Waals surface area contributed by atoms with Crippen LogP contribution in [0.1, 0.15) is 12.5 Å². The predicted molar refractivity (Wildman–Crippen MR) is 73.3 cm³/mol.